The van der Waals surface area contributed by atoms with Crippen molar-refractivity contribution in [3.05, 3.63) is 119 Å². The highest BCUT2D eigenvalue weighted by atomic mass is 32.2. The van der Waals surface area contributed by atoms with Gasteiger partial charge in [0.1, 0.15) is 0 Å². The Morgan fingerprint density at radius 2 is 1.49 bits per heavy atom. The minimum atomic E-state index is -3.77. The Morgan fingerprint density at radius 1 is 0.800 bits per heavy atom. The molecule has 0 saturated heterocycles. The van der Waals surface area contributed by atoms with Crippen LogP contribution in [-0.2, 0) is 15.8 Å². The Hall–Kier alpha value is -3.55. The first kappa shape index (κ1) is 24.6. The van der Waals surface area contributed by atoms with Gasteiger partial charge in [0.05, 0.1) is 10.6 Å². The summed E-state index contributed by atoms with van der Waals surface area (Å²) < 4.78 is 28.2. The maximum atomic E-state index is 13.0. The summed E-state index contributed by atoms with van der Waals surface area (Å²) in [5, 5.41) is 2.91. The van der Waals surface area contributed by atoms with E-state index in [1.165, 1.54) is 4.90 Å². The highest BCUT2D eigenvalue weighted by molar-refractivity contribution is 7.98. The first-order valence-corrected chi connectivity index (χ1v) is 13.6. The van der Waals surface area contributed by atoms with Gasteiger partial charge in [0.15, 0.2) is 0 Å². The lowest BCUT2D eigenvalue weighted by atomic mass is 10.1. The fourth-order valence-electron chi connectivity index (χ4n) is 3.48. The van der Waals surface area contributed by atoms with Gasteiger partial charge in [-0.1, -0.05) is 54.1 Å². The molecule has 0 aromatic heterocycles. The summed E-state index contributed by atoms with van der Waals surface area (Å²) in [4.78, 5) is 14.3. The van der Waals surface area contributed by atoms with Crippen LogP contribution in [0.15, 0.2) is 107 Å². The summed E-state index contributed by atoms with van der Waals surface area (Å²) in [6, 6.07) is 29.5. The molecule has 1 amide bonds. The van der Waals surface area contributed by atoms with Gasteiger partial charge in [0.2, 0.25) is 0 Å². The van der Waals surface area contributed by atoms with E-state index in [0.29, 0.717) is 22.5 Å². The molecular weight excluding hydrogens is 476 g/mol. The second kappa shape index (κ2) is 10.8. The van der Waals surface area contributed by atoms with Crippen LogP contribution in [0.1, 0.15) is 27.0 Å². The van der Waals surface area contributed by atoms with Crippen molar-refractivity contribution in [1.29, 1.82) is 0 Å². The topological polar surface area (TPSA) is 75.3 Å². The third-order valence-corrected chi connectivity index (χ3v) is 7.98. The van der Waals surface area contributed by atoms with Crippen molar-refractivity contribution in [1.82, 2.24) is 0 Å². The van der Waals surface area contributed by atoms with E-state index in [0.717, 1.165) is 16.9 Å². The predicted molar refractivity (Wildman–Crippen MR) is 144 cm³/mol. The highest BCUT2D eigenvalue weighted by Gasteiger charge is 2.18. The molecule has 0 atom stereocenters. The first-order chi connectivity index (χ1) is 16.8. The normalized spacial score (nSPS) is 11.1. The third-order valence-electron chi connectivity index (χ3n) is 5.51. The lowest BCUT2D eigenvalue weighted by Crippen LogP contribution is -2.17. The molecule has 0 heterocycles. The van der Waals surface area contributed by atoms with Gasteiger partial charge in [0.25, 0.3) is 15.9 Å². The number of rotatable bonds is 8. The summed E-state index contributed by atoms with van der Waals surface area (Å²) in [6.07, 6.45) is 0. The zero-order valence-electron chi connectivity index (χ0n) is 19.5. The maximum absolute atomic E-state index is 13.0. The van der Waals surface area contributed by atoms with Crippen LogP contribution < -0.4 is 10.0 Å². The summed E-state index contributed by atoms with van der Waals surface area (Å²) in [5.74, 6) is 0.533. The van der Waals surface area contributed by atoms with Gasteiger partial charge in [0, 0.05) is 21.9 Å². The molecule has 0 aliphatic heterocycles. The predicted octanol–water partition coefficient (Wildman–Crippen LogP) is 6.65. The zero-order valence-corrected chi connectivity index (χ0v) is 21.1. The number of carbonyl (C=O) groups is 1. The van der Waals surface area contributed by atoms with Gasteiger partial charge in [-0.25, -0.2) is 8.42 Å². The summed E-state index contributed by atoms with van der Waals surface area (Å²) in [5.41, 5.74) is 4.12. The van der Waals surface area contributed by atoms with Crippen LogP contribution in [0.5, 0.6) is 0 Å². The van der Waals surface area contributed by atoms with Gasteiger partial charge < -0.3 is 5.32 Å². The Bertz CT molecular complexity index is 1420. The fraction of sp³-hybridized carbons (Fsp3) is 0.107. The number of thioether (sulfide) groups is 1. The second-order valence-corrected chi connectivity index (χ2v) is 10.9. The van der Waals surface area contributed by atoms with Crippen LogP contribution >= 0.6 is 11.8 Å². The Balaban J connectivity index is 1.43. The zero-order chi connectivity index (χ0) is 24.8. The molecule has 0 bridgehead atoms. The van der Waals surface area contributed by atoms with E-state index in [-0.39, 0.29) is 10.8 Å². The number of hydrogen-bond donors (Lipinski definition) is 2. The van der Waals surface area contributed by atoms with E-state index in [2.05, 4.69) is 22.2 Å². The SMILES string of the molecule is Cc1ccc(S(=O)(=O)Nc2cccc(C(=O)Nc3ccc(CSc4ccccc4)cc3)c2C)cc1. The molecule has 4 rings (SSSR count). The van der Waals surface area contributed by atoms with Crippen LogP contribution in [0.4, 0.5) is 11.4 Å². The van der Waals surface area contributed by atoms with Gasteiger partial charge in [-0.2, -0.15) is 0 Å². The van der Waals surface area contributed by atoms with Crippen LogP contribution in [-0.4, -0.2) is 14.3 Å². The number of hydrogen-bond acceptors (Lipinski definition) is 4. The van der Waals surface area contributed by atoms with Crippen molar-refractivity contribution in [2.45, 2.75) is 29.4 Å². The minimum absolute atomic E-state index is 0.169. The smallest absolute Gasteiger partial charge is 0.261 e. The lowest BCUT2D eigenvalue weighted by Gasteiger charge is -2.14. The Morgan fingerprint density at radius 3 is 2.17 bits per heavy atom. The molecule has 5 nitrogen and oxygen atoms in total. The number of nitrogens with one attached hydrogen (secondary N) is 2. The quantitative estimate of drug-likeness (QED) is 0.265. The number of aryl methyl sites for hydroxylation is 1. The highest BCUT2D eigenvalue weighted by Crippen LogP contribution is 2.25. The number of amides is 1. The van der Waals surface area contributed by atoms with Gasteiger partial charge >= 0.3 is 0 Å². The molecule has 0 fully saturated rings. The van der Waals surface area contributed by atoms with E-state index in [4.69, 9.17) is 0 Å². The van der Waals surface area contributed by atoms with Crippen molar-refractivity contribution in [3.63, 3.8) is 0 Å². The number of carbonyl (C=O) groups excluding carboxylic acids is 1. The van der Waals surface area contributed by atoms with Crippen molar-refractivity contribution in [2.24, 2.45) is 0 Å². The number of anilines is 2. The molecule has 4 aromatic carbocycles. The van der Waals surface area contributed by atoms with Gasteiger partial charge in [-0.05, 0) is 73.5 Å². The van der Waals surface area contributed by atoms with Gasteiger partial charge in [-0.3, -0.25) is 9.52 Å². The van der Waals surface area contributed by atoms with Crippen molar-refractivity contribution in [3.8, 4) is 0 Å². The van der Waals surface area contributed by atoms with Crippen LogP contribution in [0.25, 0.3) is 0 Å². The molecule has 0 unspecified atom stereocenters. The molecule has 178 valence electrons. The van der Waals surface area contributed by atoms with E-state index in [1.54, 1.807) is 61.2 Å². The van der Waals surface area contributed by atoms with E-state index in [1.807, 2.05) is 49.4 Å². The molecular formula is C28H26N2O3S2. The number of sulfonamides is 1. The molecule has 2 N–H and O–H groups in total. The lowest BCUT2D eigenvalue weighted by molar-refractivity contribution is 0.102. The molecule has 4 aromatic rings. The fourth-order valence-corrected chi connectivity index (χ4v) is 5.48. The third kappa shape index (κ3) is 6.32. The average molecular weight is 503 g/mol. The standard InChI is InChI=1S/C28H26N2O3S2/c1-20-11-17-25(18-12-20)35(32,33)30-27-10-6-9-26(21(27)2)28(31)29-23-15-13-22(14-16-23)19-34-24-7-4-3-5-8-24/h3-18,30H,19H2,1-2H3,(H,29,31). The Kier molecular flexibility index (Phi) is 7.58. The summed E-state index contributed by atoms with van der Waals surface area (Å²) in [7, 11) is -3.77. The van der Waals surface area contributed by atoms with E-state index >= 15 is 0 Å². The van der Waals surface area contributed by atoms with E-state index < -0.39 is 10.0 Å². The Labute approximate surface area is 210 Å². The van der Waals surface area contributed by atoms with Crippen molar-refractivity contribution < 1.29 is 13.2 Å². The van der Waals surface area contributed by atoms with Crippen LogP contribution in [0.3, 0.4) is 0 Å². The molecule has 0 saturated carbocycles. The van der Waals surface area contributed by atoms with E-state index in [9.17, 15) is 13.2 Å². The van der Waals surface area contributed by atoms with Crippen LogP contribution in [0, 0.1) is 13.8 Å². The van der Waals surface area contributed by atoms with Gasteiger partial charge in [-0.15, -0.1) is 11.8 Å². The molecule has 0 spiro atoms. The first-order valence-electron chi connectivity index (χ1n) is 11.1. The molecule has 0 aliphatic rings. The van der Waals surface area contributed by atoms with Crippen molar-refractivity contribution in [2.75, 3.05) is 10.0 Å². The van der Waals surface area contributed by atoms with Crippen molar-refractivity contribution >= 4 is 39.1 Å². The summed E-state index contributed by atoms with van der Waals surface area (Å²) >= 11 is 1.75. The van der Waals surface area contributed by atoms with Crippen LogP contribution in [0.2, 0.25) is 0 Å². The molecule has 0 radical (unpaired) electrons. The largest absolute Gasteiger partial charge is 0.322 e. The average Bonchev–Trinajstić information content (AvgIpc) is 2.85. The maximum Gasteiger partial charge on any atom is 0.261 e. The minimum Gasteiger partial charge on any atom is -0.322 e. The second-order valence-electron chi connectivity index (χ2n) is 8.15. The molecule has 0 aliphatic carbocycles. The number of benzene rings is 4. The summed E-state index contributed by atoms with van der Waals surface area (Å²) in [6.45, 7) is 3.62. The molecule has 35 heavy (non-hydrogen) atoms. The monoisotopic (exact) mass is 502 g/mol. The molecule has 7 heteroatoms.